The average Bonchev–Trinajstić information content (AvgIpc) is 2.26. The van der Waals surface area contributed by atoms with Gasteiger partial charge in [-0.2, -0.15) is 0 Å². The standard InChI is InChI=1S/C12H11NO2/c1-2-12(15)13-8-10(14)7-9-5-3-4-6-11(9)13/h2-6H,1,7-8H2. The van der Waals surface area contributed by atoms with E-state index in [1.54, 1.807) is 0 Å². The predicted molar refractivity (Wildman–Crippen MR) is 57.7 cm³/mol. The summed E-state index contributed by atoms with van der Waals surface area (Å²) in [7, 11) is 0. The minimum atomic E-state index is -0.226. The highest BCUT2D eigenvalue weighted by Gasteiger charge is 2.24. The Hall–Kier alpha value is -1.90. The predicted octanol–water partition coefficient (Wildman–Crippen LogP) is 1.33. The molecule has 1 aromatic rings. The molecule has 1 amide bonds. The molecule has 0 spiro atoms. The molecule has 0 saturated heterocycles. The van der Waals surface area contributed by atoms with Gasteiger partial charge in [-0.05, 0) is 17.7 Å². The van der Waals surface area contributed by atoms with Gasteiger partial charge in [-0.1, -0.05) is 24.8 Å². The van der Waals surface area contributed by atoms with Crippen molar-refractivity contribution in [2.75, 3.05) is 11.4 Å². The van der Waals surface area contributed by atoms with Crippen LogP contribution in [0.3, 0.4) is 0 Å². The summed E-state index contributed by atoms with van der Waals surface area (Å²) in [4.78, 5) is 24.4. The fourth-order valence-electron chi connectivity index (χ4n) is 1.76. The number of anilines is 1. The molecule has 0 unspecified atom stereocenters. The lowest BCUT2D eigenvalue weighted by Crippen LogP contribution is -2.39. The summed E-state index contributed by atoms with van der Waals surface area (Å²) in [6, 6.07) is 7.45. The summed E-state index contributed by atoms with van der Waals surface area (Å²) >= 11 is 0. The maximum Gasteiger partial charge on any atom is 0.250 e. The van der Waals surface area contributed by atoms with E-state index >= 15 is 0 Å². The molecule has 0 aromatic heterocycles. The van der Waals surface area contributed by atoms with Crippen LogP contribution in [0.4, 0.5) is 5.69 Å². The van der Waals surface area contributed by atoms with E-state index in [0.717, 1.165) is 11.3 Å². The number of ketones is 1. The highest BCUT2D eigenvalue weighted by atomic mass is 16.2. The van der Waals surface area contributed by atoms with Gasteiger partial charge in [0.25, 0.3) is 5.91 Å². The zero-order valence-electron chi connectivity index (χ0n) is 8.27. The molecular formula is C12H11NO2. The van der Waals surface area contributed by atoms with Gasteiger partial charge in [-0.25, -0.2) is 0 Å². The number of fused-ring (bicyclic) bond motifs is 1. The van der Waals surface area contributed by atoms with Crippen molar-refractivity contribution in [3.05, 3.63) is 42.5 Å². The van der Waals surface area contributed by atoms with Gasteiger partial charge in [0.2, 0.25) is 0 Å². The fraction of sp³-hybridized carbons (Fsp3) is 0.167. The summed E-state index contributed by atoms with van der Waals surface area (Å²) < 4.78 is 0. The second kappa shape index (κ2) is 3.69. The van der Waals surface area contributed by atoms with Crippen LogP contribution < -0.4 is 4.90 Å². The van der Waals surface area contributed by atoms with E-state index in [4.69, 9.17) is 0 Å². The van der Waals surface area contributed by atoms with Crippen LogP contribution in [0.5, 0.6) is 0 Å². The zero-order chi connectivity index (χ0) is 10.8. The van der Waals surface area contributed by atoms with Gasteiger partial charge in [0.1, 0.15) is 0 Å². The van der Waals surface area contributed by atoms with Gasteiger partial charge in [-0.15, -0.1) is 0 Å². The zero-order valence-corrected chi connectivity index (χ0v) is 8.27. The van der Waals surface area contributed by atoms with Crippen LogP contribution in [-0.2, 0) is 16.0 Å². The maximum atomic E-state index is 11.5. The summed E-state index contributed by atoms with van der Waals surface area (Å²) in [5.41, 5.74) is 1.73. The highest BCUT2D eigenvalue weighted by molar-refractivity contribution is 6.07. The minimum absolute atomic E-state index is 0.0592. The molecule has 0 atom stereocenters. The molecule has 3 heteroatoms. The van der Waals surface area contributed by atoms with E-state index in [1.165, 1.54) is 11.0 Å². The first-order valence-electron chi connectivity index (χ1n) is 4.76. The van der Waals surface area contributed by atoms with E-state index < -0.39 is 0 Å². The van der Waals surface area contributed by atoms with E-state index in [1.807, 2.05) is 24.3 Å². The van der Waals surface area contributed by atoms with Crippen LogP contribution in [0.1, 0.15) is 5.56 Å². The summed E-state index contributed by atoms with van der Waals surface area (Å²) in [5.74, 6) is -0.167. The number of nitrogens with zero attached hydrogens (tertiary/aromatic N) is 1. The van der Waals surface area contributed by atoms with Gasteiger partial charge < -0.3 is 4.90 Å². The summed E-state index contributed by atoms with van der Waals surface area (Å²) in [6.45, 7) is 3.59. The first kappa shape index (κ1) is 9.65. The number of para-hydroxylation sites is 1. The van der Waals surface area contributed by atoms with Crippen molar-refractivity contribution in [2.24, 2.45) is 0 Å². The lowest BCUT2D eigenvalue weighted by molar-refractivity contribution is -0.120. The molecule has 3 nitrogen and oxygen atoms in total. The Morgan fingerprint density at radius 2 is 2.13 bits per heavy atom. The molecule has 1 heterocycles. The second-order valence-corrected chi connectivity index (χ2v) is 3.47. The molecule has 15 heavy (non-hydrogen) atoms. The van der Waals surface area contributed by atoms with E-state index in [-0.39, 0.29) is 18.2 Å². The number of hydrogen-bond acceptors (Lipinski definition) is 2. The largest absolute Gasteiger partial charge is 0.301 e. The fourth-order valence-corrected chi connectivity index (χ4v) is 1.76. The first-order valence-corrected chi connectivity index (χ1v) is 4.76. The topological polar surface area (TPSA) is 37.4 Å². The Bertz CT molecular complexity index is 437. The normalized spacial score (nSPS) is 14.7. The Morgan fingerprint density at radius 1 is 1.40 bits per heavy atom. The van der Waals surface area contributed by atoms with Crippen molar-refractivity contribution < 1.29 is 9.59 Å². The summed E-state index contributed by atoms with van der Waals surface area (Å²) in [6.07, 6.45) is 1.65. The van der Waals surface area contributed by atoms with E-state index in [2.05, 4.69) is 6.58 Å². The number of hydrogen-bond donors (Lipinski definition) is 0. The lowest BCUT2D eigenvalue weighted by atomic mass is 10.0. The maximum absolute atomic E-state index is 11.5. The molecule has 1 aliphatic rings. The molecule has 1 aliphatic heterocycles. The molecule has 76 valence electrons. The van der Waals surface area contributed by atoms with Gasteiger partial charge in [-0.3, -0.25) is 9.59 Å². The molecule has 2 rings (SSSR count). The van der Waals surface area contributed by atoms with E-state index in [9.17, 15) is 9.59 Å². The third-order valence-corrected chi connectivity index (χ3v) is 2.45. The Labute approximate surface area is 88.0 Å². The van der Waals surface area contributed by atoms with Crippen LogP contribution in [0.25, 0.3) is 0 Å². The molecule has 0 aliphatic carbocycles. The van der Waals surface area contributed by atoms with Crippen molar-refractivity contribution in [1.82, 2.24) is 0 Å². The molecule has 0 radical (unpaired) electrons. The number of Topliss-reactive ketones (excluding diaryl/α,β-unsaturated/α-hetero) is 1. The molecule has 0 bridgehead atoms. The number of carbonyl (C=O) groups excluding carboxylic acids is 2. The minimum Gasteiger partial charge on any atom is -0.301 e. The first-order chi connectivity index (χ1) is 7.22. The van der Waals surface area contributed by atoms with Crippen LogP contribution in [0.2, 0.25) is 0 Å². The van der Waals surface area contributed by atoms with Crippen molar-refractivity contribution in [3.8, 4) is 0 Å². The average molecular weight is 201 g/mol. The highest BCUT2D eigenvalue weighted by Crippen LogP contribution is 2.25. The molecule has 0 saturated carbocycles. The van der Waals surface area contributed by atoms with Crippen LogP contribution in [0, 0.1) is 0 Å². The van der Waals surface area contributed by atoms with Crippen LogP contribution in [0.15, 0.2) is 36.9 Å². The van der Waals surface area contributed by atoms with Crippen molar-refractivity contribution in [3.63, 3.8) is 0 Å². The van der Waals surface area contributed by atoms with Crippen molar-refractivity contribution in [1.29, 1.82) is 0 Å². The number of benzene rings is 1. The molecule has 0 fully saturated rings. The van der Waals surface area contributed by atoms with E-state index in [0.29, 0.717) is 6.42 Å². The van der Waals surface area contributed by atoms with Crippen LogP contribution >= 0.6 is 0 Å². The molecular weight excluding hydrogens is 190 g/mol. The third-order valence-electron chi connectivity index (χ3n) is 2.45. The number of rotatable bonds is 1. The monoisotopic (exact) mass is 201 g/mol. The molecule has 1 aromatic carbocycles. The quantitative estimate of drug-likeness (QED) is 0.643. The van der Waals surface area contributed by atoms with Gasteiger partial charge in [0, 0.05) is 12.1 Å². The number of amides is 1. The second-order valence-electron chi connectivity index (χ2n) is 3.47. The smallest absolute Gasteiger partial charge is 0.250 e. The molecule has 0 N–H and O–H groups in total. The van der Waals surface area contributed by atoms with Crippen LogP contribution in [-0.4, -0.2) is 18.2 Å². The van der Waals surface area contributed by atoms with Gasteiger partial charge in [0.15, 0.2) is 5.78 Å². The van der Waals surface area contributed by atoms with Crippen molar-refractivity contribution >= 4 is 17.4 Å². The number of carbonyl (C=O) groups is 2. The third kappa shape index (κ3) is 1.68. The Kier molecular flexibility index (Phi) is 2.37. The Morgan fingerprint density at radius 3 is 2.87 bits per heavy atom. The summed E-state index contributed by atoms with van der Waals surface area (Å²) in [5, 5.41) is 0. The SMILES string of the molecule is C=CC(=O)N1CC(=O)Cc2ccccc21. The van der Waals surface area contributed by atoms with Gasteiger partial charge >= 0.3 is 0 Å². The Balaban J connectivity index is 2.46. The lowest BCUT2D eigenvalue weighted by Gasteiger charge is -2.27. The van der Waals surface area contributed by atoms with Gasteiger partial charge in [0.05, 0.1) is 6.54 Å². The van der Waals surface area contributed by atoms with Crippen molar-refractivity contribution in [2.45, 2.75) is 6.42 Å².